The molecule has 1 N–H and O–H groups in total. The van der Waals surface area contributed by atoms with Crippen molar-refractivity contribution in [3.63, 3.8) is 0 Å². The summed E-state index contributed by atoms with van der Waals surface area (Å²) in [5.41, 5.74) is 1.08. The van der Waals surface area contributed by atoms with Crippen LogP contribution in [0, 0.1) is 20.8 Å². The predicted molar refractivity (Wildman–Crippen MR) is 109 cm³/mol. The van der Waals surface area contributed by atoms with Gasteiger partial charge in [-0.25, -0.2) is 18.4 Å². The third-order valence-electron chi connectivity index (χ3n) is 5.37. The SMILES string of the molecule is Cc1nc(N2CCOCC2)cc(N2CCN(S(=O)(=O)c3c(C)n[nH]c3C)CC2)n1. The maximum Gasteiger partial charge on any atom is 0.246 e. The number of H-pyrrole nitrogens is 1. The number of piperazine rings is 1. The van der Waals surface area contributed by atoms with Gasteiger partial charge in [0.25, 0.3) is 0 Å². The molecule has 0 saturated carbocycles. The summed E-state index contributed by atoms with van der Waals surface area (Å²) >= 11 is 0. The molecule has 29 heavy (non-hydrogen) atoms. The summed E-state index contributed by atoms with van der Waals surface area (Å²) in [4.78, 5) is 13.8. The van der Waals surface area contributed by atoms with Gasteiger partial charge in [0.1, 0.15) is 22.4 Å². The van der Waals surface area contributed by atoms with Crippen molar-refractivity contribution in [2.75, 3.05) is 62.3 Å². The highest BCUT2D eigenvalue weighted by Crippen LogP contribution is 2.25. The Bertz CT molecular complexity index is 958. The van der Waals surface area contributed by atoms with E-state index in [1.165, 1.54) is 4.31 Å². The fraction of sp³-hybridized carbons (Fsp3) is 0.611. The van der Waals surface area contributed by atoms with Gasteiger partial charge >= 0.3 is 0 Å². The molecule has 2 aromatic heterocycles. The van der Waals surface area contributed by atoms with Crippen LogP contribution in [-0.2, 0) is 14.8 Å². The van der Waals surface area contributed by atoms with Crippen molar-refractivity contribution in [3.05, 3.63) is 23.3 Å². The first kappa shape index (κ1) is 20.0. The average molecular weight is 422 g/mol. The van der Waals surface area contributed by atoms with Crippen molar-refractivity contribution < 1.29 is 13.2 Å². The monoisotopic (exact) mass is 421 g/mol. The second-order valence-electron chi connectivity index (χ2n) is 7.39. The minimum absolute atomic E-state index is 0.290. The largest absolute Gasteiger partial charge is 0.378 e. The van der Waals surface area contributed by atoms with Crippen LogP contribution in [-0.4, -0.2) is 85.4 Å². The summed E-state index contributed by atoms with van der Waals surface area (Å²) in [5, 5.41) is 6.80. The lowest BCUT2D eigenvalue weighted by Crippen LogP contribution is -2.49. The molecule has 4 rings (SSSR count). The Morgan fingerprint density at radius 2 is 1.52 bits per heavy atom. The van der Waals surface area contributed by atoms with E-state index in [-0.39, 0.29) is 0 Å². The normalized spacial score (nSPS) is 19.0. The Morgan fingerprint density at radius 3 is 2.07 bits per heavy atom. The van der Waals surface area contributed by atoms with Crippen molar-refractivity contribution in [3.8, 4) is 0 Å². The van der Waals surface area contributed by atoms with Gasteiger partial charge in [-0.15, -0.1) is 0 Å². The first-order valence-electron chi connectivity index (χ1n) is 9.81. The Labute approximate surface area is 170 Å². The molecule has 2 saturated heterocycles. The lowest BCUT2D eigenvalue weighted by Gasteiger charge is -2.35. The first-order chi connectivity index (χ1) is 13.9. The van der Waals surface area contributed by atoms with Crippen LogP contribution < -0.4 is 9.80 Å². The number of rotatable bonds is 4. The van der Waals surface area contributed by atoms with Gasteiger partial charge in [-0.2, -0.15) is 9.40 Å². The summed E-state index contributed by atoms with van der Waals surface area (Å²) in [6.07, 6.45) is 0. The van der Waals surface area contributed by atoms with Crippen LogP contribution in [0.1, 0.15) is 17.2 Å². The minimum Gasteiger partial charge on any atom is -0.378 e. The van der Waals surface area contributed by atoms with Gasteiger partial charge in [0.15, 0.2) is 0 Å². The second kappa shape index (κ2) is 7.88. The molecule has 0 amide bonds. The van der Waals surface area contributed by atoms with E-state index in [9.17, 15) is 8.42 Å². The van der Waals surface area contributed by atoms with E-state index < -0.39 is 10.0 Å². The zero-order valence-corrected chi connectivity index (χ0v) is 17.9. The predicted octanol–water partition coefficient (Wildman–Crippen LogP) is 0.472. The van der Waals surface area contributed by atoms with E-state index >= 15 is 0 Å². The quantitative estimate of drug-likeness (QED) is 0.759. The molecule has 0 aromatic carbocycles. The van der Waals surface area contributed by atoms with Crippen LogP contribution in [0.25, 0.3) is 0 Å². The Morgan fingerprint density at radius 1 is 0.931 bits per heavy atom. The lowest BCUT2D eigenvalue weighted by molar-refractivity contribution is 0.122. The number of hydrogen-bond acceptors (Lipinski definition) is 8. The first-order valence-corrected chi connectivity index (χ1v) is 11.3. The molecule has 0 radical (unpaired) electrons. The summed E-state index contributed by atoms with van der Waals surface area (Å²) in [6.45, 7) is 10.3. The van der Waals surface area contributed by atoms with E-state index in [4.69, 9.17) is 4.74 Å². The Hall–Kier alpha value is -2.24. The number of morpholine rings is 1. The van der Waals surface area contributed by atoms with Crippen molar-refractivity contribution in [1.29, 1.82) is 0 Å². The molecule has 0 spiro atoms. The molecule has 2 fully saturated rings. The highest BCUT2D eigenvalue weighted by Gasteiger charge is 2.32. The van der Waals surface area contributed by atoms with Gasteiger partial charge in [-0.1, -0.05) is 0 Å². The number of aryl methyl sites for hydroxylation is 3. The van der Waals surface area contributed by atoms with Gasteiger partial charge in [-0.3, -0.25) is 5.10 Å². The van der Waals surface area contributed by atoms with E-state index in [1.807, 2.05) is 13.0 Å². The molecule has 11 heteroatoms. The molecule has 158 valence electrons. The lowest BCUT2D eigenvalue weighted by atomic mass is 10.3. The van der Waals surface area contributed by atoms with Crippen molar-refractivity contribution in [1.82, 2.24) is 24.5 Å². The molecule has 2 aliphatic rings. The number of nitrogens with zero attached hydrogens (tertiary/aromatic N) is 6. The van der Waals surface area contributed by atoms with E-state index in [0.717, 1.165) is 24.7 Å². The van der Waals surface area contributed by atoms with E-state index in [1.54, 1.807) is 13.8 Å². The molecular weight excluding hydrogens is 394 g/mol. The number of ether oxygens (including phenoxy) is 1. The fourth-order valence-corrected chi connectivity index (χ4v) is 5.61. The van der Waals surface area contributed by atoms with Crippen LogP contribution in [0.5, 0.6) is 0 Å². The van der Waals surface area contributed by atoms with Crippen LogP contribution in [0.3, 0.4) is 0 Å². The van der Waals surface area contributed by atoms with Crippen LogP contribution in [0.15, 0.2) is 11.0 Å². The van der Waals surface area contributed by atoms with Gasteiger partial charge < -0.3 is 14.5 Å². The highest BCUT2D eigenvalue weighted by molar-refractivity contribution is 7.89. The number of aromatic amines is 1. The number of sulfonamides is 1. The number of nitrogens with one attached hydrogen (secondary N) is 1. The number of anilines is 2. The molecule has 10 nitrogen and oxygen atoms in total. The van der Waals surface area contributed by atoms with Gasteiger partial charge in [0.2, 0.25) is 10.0 Å². The number of hydrogen-bond donors (Lipinski definition) is 1. The molecule has 4 heterocycles. The summed E-state index contributed by atoms with van der Waals surface area (Å²) in [7, 11) is -3.56. The van der Waals surface area contributed by atoms with Crippen molar-refractivity contribution >= 4 is 21.7 Å². The maximum atomic E-state index is 13.1. The van der Waals surface area contributed by atoms with Crippen LogP contribution in [0.4, 0.5) is 11.6 Å². The van der Waals surface area contributed by atoms with Crippen molar-refractivity contribution in [2.24, 2.45) is 0 Å². The summed E-state index contributed by atoms with van der Waals surface area (Å²) < 4.78 is 33.1. The smallest absolute Gasteiger partial charge is 0.246 e. The third-order valence-corrected chi connectivity index (χ3v) is 7.53. The third kappa shape index (κ3) is 3.94. The summed E-state index contributed by atoms with van der Waals surface area (Å²) in [6, 6.07) is 1.99. The topological polar surface area (TPSA) is 108 Å². The van der Waals surface area contributed by atoms with E-state index in [2.05, 4.69) is 30.0 Å². The maximum absolute atomic E-state index is 13.1. The standard InChI is InChI=1S/C18H27N7O3S/c1-13-18(14(2)22-21-13)29(26,27)25-6-4-23(5-7-25)16-12-17(20-15(3)19-16)24-8-10-28-11-9-24/h12H,4-11H2,1-3H3,(H,21,22). The molecule has 0 atom stereocenters. The van der Waals surface area contributed by atoms with Gasteiger partial charge in [0, 0.05) is 45.3 Å². The fourth-order valence-electron chi connectivity index (χ4n) is 3.86. The van der Waals surface area contributed by atoms with Crippen LogP contribution >= 0.6 is 0 Å². The average Bonchev–Trinajstić information content (AvgIpc) is 3.07. The molecule has 0 aliphatic carbocycles. The molecule has 2 aliphatic heterocycles. The zero-order valence-electron chi connectivity index (χ0n) is 17.1. The minimum atomic E-state index is -3.56. The van der Waals surface area contributed by atoms with Crippen molar-refractivity contribution in [2.45, 2.75) is 25.7 Å². The van der Waals surface area contributed by atoms with Gasteiger partial charge in [-0.05, 0) is 20.8 Å². The van der Waals surface area contributed by atoms with Crippen LogP contribution in [0.2, 0.25) is 0 Å². The number of aromatic nitrogens is 4. The molecule has 0 bridgehead atoms. The molecule has 2 aromatic rings. The zero-order chi connectivity index (χ0) is 20.6. The molecule has 0 unspecified atom stereocenters. The van der Waals surface area contributed by atoms with Gasteiger partial charge in [0.05, 0.1) is 24.6 Å². The Kier molecular flexibility index (Phi) is 5.45. The highest BCUT2D eigenvalue weighted by atomic mass is 32.2. The molecular formula is C18H27N7O3S. The summed E-state index contributed by atoms with van der Waals surface area (Å²) in [5.74, 6) is 2.45. The van der Waals surface area contributed by atoms with E-state index in [0.29, 0.717) is 61.5 Å². The Balaban J connectivity index is 1.49. The second-order valence-corrected chi connectivity index (χ2v) is 9.26.